The summed E-state index contributed by atoms with van der Waals surface area (Å²) in [6, 6.07) is 25.6. The highest BCUT2D eigenvalue weighted by molar-refractivity contribution is 7.80. The van der Waals surface area contributed by atoms with Crippen molar-refractivity contribution in [3.63, 3.8) is 0 Å². The Bertz CT molecular complexity index is 1240. The number of nitrogens with one attached hydrogen (secondary N) is 1. The van der Waals surface area contributed by atoms with Gasteiger partial charge in [0.1, 0.15) is 11.8 Å². The summed E-state index contributed by atoms with van der Waals surface area (Å²) in [6.07, 6.45) is 3.87. The van der Waals surface area contributed by atoms with E-state index in [0.717, 1.165) is 28.5 Å². The highest BCUT2D eigenvalue weighted by Crippen LogP contribution is 2.42. The number of ether oxygens (including phenoxy) is 1. The Morgan fingerprint density at radius 3 is 2.56 bits per heavy atom. The standard InChI is InChI=1S/C25H21ClN4OS/c1-31-20-7-4-6-19(16-20)29-15-5-9-22(29)24-23(21-8-2-3-14-27-21)28-25(32)30(24)18-12-10-17(26)11-13-18/h2-16,23-24H,1H3,(H,28,32)/t23-,24-/m1/s1. The van der Waals surface area contributed by atoms with Crippen LogP contribution in [0.1, 0.15) is 23.5 Å². The van der Waals surface area contributed by atoms with Crippen molar-refractivity contribution in [3.8, 4) is 11.4 Å². The highest BCUT2D eigenvalue weighted by atomic mass is 35.5. The van der Waals surface area contributed by atoms with Crippen molar-refractivity contribution in [2.24, 2.45) is 0 Å². The van der Waals surface area contributed by atoms with Gasteiger partial charge in [0.25, 0.3) is 0 Å². The second kappa shape index (κ2) is 8.65. The third-order valence-corrected chi connectivity index (χ3v) is 6.18. The average molecular weight is 461 g/mol. The minimum Gasteiger partial charge on any atom is -0.497 e. The van der Waals surface area contributed by atoms with E-state index >= 15 is 0 Å². The molecule has 4 aromatic rings. The van der Waals surface area contributed by atoms with E-state index in [1.807, 2.05) is 72.9 Å². The Kier molecular flexibility index (Phi) is 5.55. The monoisotopic (exact) mass is 460 g/mol. The predicted octanol–water partition coefficient (Wildman–Crippen LogP) is 5.71. The summed E-state index contributed by atoms with van der Waals surface area (Å²) in [6.45, 7) is 0. The van der Waals surface area contributed by atoms with Crippen molar-refractivity contribution in [1.82, 2.24) is 14.9 Å². The Labute approximate surface area is 197 Å². The van der Waals surface area contributed by atoms with E-state index in [4.69, 9.17) is 28.6 Å². The van der Waals surface area contributed by atoms with Gasteiger partial charge in [0.2, 0.25) is 0 Å². The molecule has 2 aromatic heterocycles. The molecule has 1 saturated heterocycles. The number of aromatic nitrogens is 2. The van der Waals surface area contributed by atoms with Gasteiger partial charge in [-0.2, -0.15) is 0 Å². The van der Waals surface area contributed by atoms with Gasteiger partial charge < -0.3 is 19.5 Å². The van der Waals surface area contributed by atoms with Gasteiger partial charge >= 0.3 is 0 Å². The quantitative estimate of drug-likeness (QED) is 0.386. The fourth-order valence-electron chi connectivity index (χ4n) is 4.17. The maximum Gasteiger partial charge on any atom is 0.174 e. The largest absolute Gasteiger partial charge is 0.497 e. The molecule has 0 spiro atoms. The van der Waals surface area contributed by atoms with E-state index < -0.39 is 0 Å². The number of hydrogen-bond donors (Lipinski definition) is 1. The average Bonchev–Trinajstić information content (AvgIpc) is 3.44. The topological polar surface area (TPSA) is 42.3 Å². The molecular weight excluding hydrogens is 440 g/mol. The fourth-order valence-corrected chi connectivity index (χ4v) is 4.64. The van der Waals surface area contributed by atoms with Gasteiger partial charge in [-0.1, -0.05) is 23.7 Å². The zero-order valence-corrected chi connectivity index (χ0v) is 18.9. The first kappa shape index (κ1) is 20.5. The number of hydrogen-bond acceptors (Lipinski definition) is 3. The van der Waals surface area contributed by atoms with Crippen molar-refractivity contribution < 1.29 is 4.74 Å². The summed E-state index contributed by atoms with van der Waals surface area (Å²) in [7, 11) is 1.67. The molecule has 0 saturated carbocycles. The zero-order valence-electron chi connectivity index (χ0n) is 17.4. The first-order valence-electron chi connectivity index (χ1n) is 10.2. The maximum atomic E-state index is 6.16. The number of rotatable bonds is 5. The van der Waals surface area contributed by atoms with Crippen LogP contribution in [0.3, 0.4) is 0 Å². The van der Waals surface area contributed by atoms with Gasteiger partial charge in [0.05, 0.1) is 18.8 Å². The van der Waals surface area contributed by atoms with Crippen LogP contribution in [0.5, 0.6) is 5.75 Å². The Morgan fingerprint density at radius 1 is 0.969 bits per heavy atom. The molecule has 1 fully saturated rings. The van der Waals surface area contributed by atoms with Crippen LogP contribution in [0.4, 0.5) is 5.69 Å². The van der Waals surface area contributed by atoms with Crippen molar-refractivity contribution in [1.29, 1.82) is 0 Å². The molecular formula is C25H21ClN4OS. The van der Waals surface area contributed by atoms with Crippen LogP contribution >= 0.6 is 23.8 Å². The molecule has 0 radical (unpaired) electrons. The van der Waals surface area contributed by atoms with Crippen LogP contribution in [0.2, 0.25) is 5.02 Å². The number of anilines is 1. The lowest BCUT2D eigenvalue weighted by molar-refractivity contribution is 0.414. The smallest absolute Gasteiger partial charge is 0.174 e. The molecule has 1 N–H and O–H groups in total. The summed E-state index contributed by atoms with van der Waals surface area (Å²) in [5.41, 5.74) is 3.98. The van der Waals surface area contributed by atoms with E-state index in [-0.39, 0.29) is 12.1 Å². The van der Waals surface area contributed by atoms with Crippen molar-refractivity contribution in [2.45, 2.75) is 12.1 Å². The summed E-state index contributed by atoms with van der Waals surface area (Å²) >= 11 is 12.0. The minimum atomic E-state index is -0.126. The van der Waals surface area contributed by atoms with Gasteiger partial charge in [-0.15, -0.1) is 0 Å². The molecule has 7 heteroatoms. The summed E-state index contributed by atoms with van der Waals surface area (Å²) in [4.78, 5) is 6.76. The third kappa shape index (κ3) is 3.72. The lowest BCUT2D eigenvalue weighted by Crippen LogP contribution is -2.30. The maximum absolute atomic E-state index is 6.16. The fraction of sp³-hybridized carbons (Fsp3) is 0.120. The molecule has 160 valence electrons. The number of thiocarbonyl (C=S) groups is 1. The van der Waals surface area contributed by atoms with Crippen LogP contribution in [-0.2, 0) is 0 Å². The van der Waals surface area contributed by atoms with E-state index in [1.54, 1.807) is 7.11 Å². The number of benzene rings is 2. The normalized spacial score (nSPS) is 17.9. The predicted molar refractivity (Wildman–Crippen MR) is 132 cm³/mol. The van der Waals surface area contributed by atoms with Crippen molar-refractivity contribution in [3.05, 3.63) is 108 Å². The van der Waals surface area contributed by atoms with E-state index in [1.165, 1.54) is 0 Å². The van der Waals surface area contributed by atoms with Gasteiger partial charge in [-0.25, -0.2) is 0 Å². The van der Waals surface area contributed by atoms with Crippen LogP contribution in [0, 0.1) is 0 Å². The summed E-state index contributed by atoms with van der Waals surface area (Å²) < 4.78 is 7.62. The zero-order chi connectivity index (χ0) is 22.1. The Morgan fingerprint density at radius 2 is 1.81 bits per heavy atom. The van der Waals surface area contributed by atoms with Gasteiger partial charge in [0, 0.05) is 40.6 Å². The number of methoxy groups -OCH3 is 1. The second-order valence-corrected chi connectivity index (χ2v) is 8.30. The number of pyridine rings is 1. The highest BCUT2D eigenvalue weighted by Gasteiger charge is 2.42. The summed E-state index contributed by atoms with van der Waals surface area (Å²) in [5.74, 6) is 0.804. The van der Waals surface area contributed by atoms with Crippen LogP contribution in [0.25, 0.3) is 5.69 Å². The van der Waals surface area contributed by atoms with Gasteiger partial charge in [-0.3, -0.25) is 4.98 Å². The molecule has 32 heavy (non-hydrogen) atoms. The Balaban J connectivity index is 1.66. The van der Waals surface area contributed by atoms with E-state index in [2.05, 4.69) is 38.1 Å². The molecule has 5 nitrogen and oxygen atoms in total. The molecule has 2 aromatic carbocycles. The van der Waals surface area contributed by atoms with Crippen molar-refractivity contribution in [2.75, 3.05) is 12.0 Å². The number of nitrogens with zero attached hydrogens (tertiary/aromatic N) is 3. The first-order valence-corrected chi connectivity index (χ1v) is 11.0. The molecule has 3 heterocycles. The molecule has 0 unspecified atom stereocenters. The number of halogens is 1. The van der Waals surface area contributed by atoms with Crippen LogP contribution in [0.15, 0.2) is 91.3 Å². The molecule has 1 aliphatic heterocycles. The first-order chi connectivity index (χ1) is 15.7. The van der Waals surface area contributed by atoms with Gasteiger partial charge in [-0.05, 0) is 72.9 Å². The molecule has 5 rings (SSSR count). The third-order valence-electron chi connectivity index (χ3n) is 5.62. The van der Waals surface area contributed by atoms with Gasteiger partial charge in [0.15, 0.2) is 5.11 Å². The SMILES string of the molecule is COc1cccc(-n2cccc2[C@@H]2[C@@H](c3ccccn3)NC(=S)N2c2ccc(Cl)cc2)c1. The Hall–Kier alpha value is -3.35. The second-order valence-electron chi connectivity index (χ2n) is 7.48. The van der Waals surface area contributed by atoms with E-state index in [9.17, 15) is 0 Å². The lowest BCUT2D eigenvalue weighted by Gasteiger charge is -2.29. The van der Waals surface area contributed by atoms with Crippen molar-refractivity contribution >= 4 is 34.6 Å². The molecule has 2 atom stereocenters. The van der Waals surface area contributed by atoms with E-state index in [0.29, 0.717) is 10.1 Å². The minimum absolute atomic E-state index is 0.125. The molecule has 0 aliphatic carbocycles. The molecule has 0 bridgehead atoms. The molecule has 1 aliphatic rings. The summed E-state index contributed by atoms with van der Waals surface area (Å²) in [5, 5.41) is 4.83. The lowest BCUT2D eigenvalue weighted by atomic mass is 10.0. The van der Waals surface area contributed by atoms with Crippen LogP contribution in [-0.4, -0.2) is 21.8 Å². The molecule has 0 amide bonds. The van der Waals surface area contributed by atoms with Crippen LogP contribution < -0.4 is 15.0 Å².